The van der Waals surface area contributed by atoms with Crippen LogP contribution in [0.2, 0.25) is 0 Å². The van der Waals surface area contributed by atoms with Gasteiger partial charge in [0.1, 0.15) is 0 Å². The van der Waals surface area contributed by atoms with Crippen LogP contribution in [-0.4, -0.2) is 24.4 Å². The number of nitrogen functional groups attached to an aromatic ring is 1. The van der Waals surface area contributed by atoms with Gasteiger partial charge in [-0.1, -0.05) is 48.5 Å². The topological polar surface area (TPSA) is 46.3 Å². The van der Waals surface area contributed by atoms with Gasteiger partial charge in [0.15, 0.2) is 0 Å². The third kappa shape index (κ3) is 5.41. The van der Waals surface area contributed by atoms with Crippen LogP contribution < -0.4 is 5.73 Å². The summed E-state index contributed by atoms with van der Waals surface area (Å²) in [5, 5.41) is 0. The van der Waals surface area contributed by atoms with Crippen molar-refractivity contribution in [3.63, 3.8) is 0 Å². The summed E-state index contributed by atoms with van der Waals surface area (Å²) in [7, 11) is 1.86. The molecule has 0 aliphatic heterocycles. The van der Waals surface area contributed by atoms with E-state index in [9.17, 15) is 4.79 Å². The Labute approximate surface area is 138 Å². The normalized spacial score (nSPS) is 9.86. The van der Waals surface area contributed by atoms with E-state index in [1.807, 2.05) is 49.5 Å². The number of benzene rings is 2. The van der Waals surface area contributed by atoms with E-state index in [4.69, 9.17) is 5.73 Å². The predicted octanol–water partition coefficient (Wildman–Crippen LogP) is 3.32. The quantitative estimate of drug-likeness (QED) is 0.830. The van der Waals surface area contributed by atoms with Gasteiger partial charge >= 0.3 is 0 Å². The Bertz CT molecular complexity index is 587. The van der Waals surface area contributed by atoms with Crippen molar-refractivity contribution in [2.75, 3.05) is 19.3 Å². The van der Waals surface area contributed by atoms with E-state index in [0.717, 1.165) is 24.2 Å². The lowest BCUT2D eigenvalue weighted by Gasteiger charge is -2.17. The second kappa shape index (κ2) is 9.11. The SMILES string of the molecule is CN(CCc1ccccc1)C(=O)CCc1ccccc1N.Cl. The maximum atomic E-state index is 12.1. The molecule has 2 aromatic carbocycles. The van der Waals surface area contributed by atoms with Gasteiger partial charge in [-0.05, 0) is 30.0 Å². The predicted molar refractivity (Wildman–Crippen MR) is 94.2 cm³/mol. The van der Waals surface area contributed by atoms with E-state index in [1.165, 1.54) is 5.56 Å². The van der Waals surface area contributed by atoms with E-state index in [2.05, 4.69) is 12.1 Å². The highest BCUT2D eigenvalue weighted by atomic mass is 35.5. The average molecular weight is 319 g/mol. The molecule has 4 heteroatoms. The van der Waals surface area contributed by atoms with Crippen molar-refractivity contribution in [3.05, 3.63) is 65.7 Å². The number of halogens is 1. The zero-order chi connectivity index (χ0) is 15.1. The molecule has 0 aromatic heterocycles. The second-order valence-corrected chi connectivity index (χ2v) is 5.25. The molecule has 0 saturated heterocycles. The van der Waals surface area contributed by atoms with Crippen LogP contribution in [0.4, 0.5) is 5.69 Å². The monoisotopic (exact) mass is 318 g/mol. The minimum absolute atomic E-state index is 0. The molecule has 0 aliphatic carbocycles. The van der Waals surface area contributed by atoms with Crippen LogP contribution in [-0.2, 0) is 17.6 Å². The molecule has 118 valence electrons. The first-order valence-corrected chi connectivity index (χ1v) is 7.28. The summed E-state index contributed by atoms with van der Waals surface area (Å²) in [5.41, 5.74) is 8.95. The van der Waals surface area contributed by atoms with Gasteiger partial charge in [-0.15, -0.1) is 12.4 Å². The lowest BCUT2D eigenvalue weighted by atomic mass is 10.1. The van der Waals surface area contributed by atoms with Gasteiger partial charge in [-0.2, -0.15) is 0 Å². The number of carbonyl (C=O) groups excluding carboxylic acids is 1. The molecule has 2 aromatic rings. The molecular formula is C18H23ClN2O. The van der Waals surface area contributed by atoms with Gasteiger partial charge in [-0.3, -0.25) is 4.79 Å². The van der Waals surface area contributed by atoms with E-state index in [1.54, 1.807) is 4.90 Å². The largest absolute Gasteiger partial charge is 0.399 e. The molecule has 0 spiro atoms. The van der Waals surface area contributed by atoms with Crippen molar-refractivity contribution in [2.24, 2.45) is 0 Å². The van der Waals surface area contributed by atoms with E-state index in [0.29, 0.717) is 12.8 Å². The zero-order valence-corrected chi connectivity index (χ0v) is 13.7. The summed E-state index contributed by atoms with van der Waals surface area (Å²) in [4.78, 5) is 13.9. The van der Waals surface area contributed by atoms with Crippen LogP contribution >= 0.6 is 12.4 Å². The van der Waals surface area contributed by atoms with Gasteiger partial charge in [-0.25, -0.2) is 0 Å². The minimum atomic E-state index is 0. The zero-order valence-electron chi connectivity index (χ0n) is 12.9. The average Bonchev–Trinajstić information content (AvgIpc) is 2.52. The fourth-order valence-electron chi connectivity index (χ4n) is 2.26. The highest BCUT2D eigenvalue weighted by molar-refractivity contribution is 5.85. The number of nitrogens with zero attached hydrogens (tertiary/aromatic N) is 1. The van der Waals surface area contributed by atoms with Crippen molar-refractivity contribution >= 4 is 24.0 Å². The lowest BCUT2D eigenvalue weighted by Crippen LogP contribution is -2.29. The van der Waals surface area contributed by atoms with Crippen molar-refractivity contribution in [2.45, 2.75) is 19.3 Å². The number of carbonyl (C=O) groups is 1. The van der Waals surface area contributed by atoms with Crippen LogP contribution in [0.1, 0.15) is 17.5 Å². The Morgan fingerprint density at radius 3 is 2.32 bits per heavy atom. The van der Waals surface area contributed by atoms with Crippen molar-refractivity contribution < 1.29 is 4.79 Å². The van der Waals surface area contributed by atoms with E-state index in [-0.39, 0.29) is 18.3 Å². The molecule has 3 nitrogen and oxygen atoms in total. The fraction of sp³-hybridized carbons (Fsp3) is 0.278. The Hall–Kier alpha value is -2.00. The van der Waals surface area contributed by atoms with E-state index < -0.39 is 0 Å². The summed E-state index contributed by atoms with van der Waals surface area (Å²) in [6.07, 6.45) is 2.08. The summed E-state index contributed by atoms with van der Waals surface area (Å²) in [6, 6.07) is 17.9. The molecular weight excluding hydrogens is 296 g/mol. The summed E-state index contributed by atoms with van der Waals surface area (Å²) < 4.78 is 0. The number of rotatable bonds is 6. The first-order chi connectivity index (χ1) is 10.2. The molecule has 0 radical (unpaired) electrons. The third-order valence-electron chi connectivity index (χ3n) is 3.67. The number of nitrogens with two attached hydrogens (primary N) is 1. The molecule has 0 saturated carbocycles. The third-order valence-corrected chi connectivity index (χ3v) is 3.67. The van der Waals surface area contributed by atoms with E-state index >= 15 is 0 Å². The first kappa shape index (κ1) is 18.1. The Morgan fingerprint density at radius 2 is 1.64 bits per heavy atom. The molecule has 1 amide bonds. The Balaban J connectivity index is 0.00000242. The fourth-order valence-corrected chi connectivity index (χ4v) is 2.26. The number of hydrogen-bond donors (Lipinski definition) is 1. The summed E-state index contributed by atoms with van der Waals surface area (Å²) >= 11 is 0. The van der Waals surface area contributed by atoms with Crippen molar-refractivity contribution in [1.82, 2.24) is 4.90 Å². The molecule has 0 fully saturated rings. The number of amides is 1. The number of hydrogen-bond acceptors (Lipinski definition) is 2. The molecule has 0 atom stereocenters. The molecule has 2 N–H and O–H groups in total. The van der Waals surface area contributed by atoms with Crippen LogP contribution in [0.15, 0.2) is 54.6 Å². The smallest absolute Gasteiger partial charge is 0.222 e. The molecule has 2 rings (SSSR count). The maximum absolute atomic E-state index is 12.1. The molecule has 0 unspecified atom stereocenters. The van der Waals surface area contributed by atoms with Crippen molar-refractivity contribution in [1.29, 1.82) is 0 Å². The van der Waals surface area contributed by atoms with Gasteiger partial charge in [0.05, 0.1) is 0 Å². The minimum Gasteiger partial charge on any atom is -0.399 e. The van der Waals surface area contributed by atoms with Crippen molar-refractivity contribution in [3.8, 4) is 0 Å². The number of anilines is 1. The van der Waals surface area contributed by atoms with Crippen LogP contribution in [0, 0.1) is 0 Å². The maximum Gasteiger partial charge on any atom is 0.222 e. The standard InChI is InChI=1S/C18H22N2O.ClH/c1-20(14-13-15-7-3-2-4-8-15)18(21)12-11-16-9-5-6-10-17(16)19;/h2-10H,11-14,19H2,1H3;1H. The summed E-state index contributed by atoms with van der Waals surface area (Å²) in [6.45, 7) is 0.743. The Morgan fingerprint density at radius 1 is 1.00 bits per heavy atom. The van der Waals surface area contributed by atoms with Crippen LogP contribution in [0.25, 0.3) is 0 Å². The number of para-hydroxylation sites is 1. The molecule has 22 heavy (non-hydrogen) atoms. The Kier molecular flexibility index (Phi) is 7.47. The molecule has 0 aliphatic rings. The summed E-state index contributed by atoms with van der Waals surface area (Å²) in [5.74, 6) is 0.161. The van der Waals surface area contributed by atoms with Crippen LogP contribution in [0.3, 0.4) is 0 Å². The number of likely N-dealkylation sites (N-methyl/N-ethyl adjacent to an activating group) is 1. The molecule has 0 bridgehead atoms. The van der Waals surface area contributed by atoms with Gasteiger partial charge in [0.2, 0.25) is 5.91 Å². The molecule has 0 heterocycles. The lowest BCUT2D eigenvalue weighted by molar-refractivity contribution is -0.129. The highest BCUT2D eigenvalue weighted by Gasteiger charge is 2.09. The van der Waals surface area contributed by atoms with Crippen LogP contribution in [0.5, 0.6) is 0 Å². The first-order valence-electron chi connectivity index (χ1n) is 7.28. The van der Waals surface area contributed by atoms with Gasteiger partial charge < -0.3 is 10.6 Å². The van der Waals surface area contributed by atoms with Gasteiger partial charge in [0.25, 0.3) is 0 Å². The van der Waals surface area contributed by atoms with Gasteiger partial charge in [0, 0.05) is 25.7 Å². The number of aryl methyl sites for hydroxylation is 1. The second-order valence-electron chi connectivity index (χ2n) is 5.25. The highest BCUT2D eigenvalue weighted by Crippen LogP contribution is 2.13.